The van der Waals surface area contributed by atoms with Gasteiger partial charge in [-0.15, -0.1) is 0 Å². The molecule has 0 bridgehead atoms. The molecule has 2 N–H and O–H groups in total. The average molecular weight is 291 g/mol. The Morgan fingerprint density at radius 1 is 1.29 bits per heavy atom. The third-order valence-electron chi connectivity index (χ3n) is 3.94. The fourth-order valence-electron chi connectivity index (χ4n) is 2.72. The van der Waals surface area contributed by atoms with Crippen molar-refractivity contribution in [1.29, 1.82) is 0 Å². The highest BCUT2D eigenvalue weighted by molar-refractivity contribution is 5.92. The summed E-state index contributed by atoms with van der Waals surface area (Å²) in [6.45, 7) is 3.55. The van der Waals surface area contributed by atoms with Gasteiger partial charge in [-0.25, -0.2) is 0 Å². The van der Waals surface area contributed by atoms with Crippen molar-refractivity contribution >= 4 is 11.6 Å². The van der Waals surface area contributed by atoms with Gasteiger partial charge in [0, 0.05) is 5.69 Å². The summed E-state index contributed by atoms with van der Waals surface area (Å²) < 4.78 is 5.10. The van der Waals surface area contributed by atoms with Crippen LogP contribution in [-0.4, -0.2) is 51.1 Å². The lowest BCUT2D eigenvalue weighted by atomic mass is 9.97. The van der Waals surface area contributed by atoms with Crippen LogP contribution in [0.4, 0.5) is 5.69 Å². The summed E-state index contributed by atoms with van der Waals surface area (Å²) in [6.07, 6.45) is 2.33. The number of nitrogens with one attached hydrogen (secondary N) is 2. The number of piperidine rings is 1. The van der Waals surface area contributed by atoms with Crippen LogP contribution in [0.3, 0.4) is 0 Å². The minimum Gasteiger partial charge on any atom is -0.497 e. The van der Waals surface area contributed by atoms with Crippen LogP contribution >= 0.6 is 0 Å². The average Bonchev–Trinajstić information content (AvgIpc) is 2.50. The predicted molar refractivity (Wildman–Crippen MR) is 84.7 cm³/mol. The highest BCUT2D eigenvalue weighted by atomic mass is 16.5. The number of nitrogens with zero attached hydrogens (tertiary/aromatic N) is 1. The molecule has 1 heterocycles. The molecule has 5 nitrogen and oxygen atoms in total. The molecule has 1 saturated heterocycles. The number of hydrogen-bond donors (Lipinski definition) is 2. The van der Waals surface area contributed by atoms with Gasteiger partial charge in [0.1, 0.15) is 5.75 Å². The number of carbonyl (C=O) groups is 1. The third kappa shape index (κ3) is 5.02. The number of methoxy groups -OCH3 is 1. The van der Waals surface area contributed by atoms with Gasteiger partial charge < -0.3 is 15.4 Å². The van der Waals surface area contributed by atoms with Crippen molar-refractivity contribution in [1.82, 2.24) is 10.2 Å². The minimum atomic E-state index is 0.0484. The Balaban J connectivity index is 1.74. The number of carbonyl (C=O) groups excluding carboxylic acids is 1. The zero-order valence-electron chi connectivity index (χ0n) is 12.9. The lowest BCUT2D eigenvalue weighted by molar-refractivity contribution is -0.117. The van der Waals surface area contributed by atoms with Crippen LogP contribution < -0.4 is 15.4 Å². The van der Waals surface area contributed by atoms with E-state index in [-0.39, 0.29) is 5.91 Å². The highest BCUT2D eigenvalue weighted by Crippen LogP contribution is 2.17. The summed E-state index contributed by atoms with van der Waals surface area (Å²) in [4.78, 5) is 14.3. The van der Waals surface area contributed by atoms with E-state index < -0.39 is 0 Å². The van der Waals surface area contributed by atoms with E-state index in [9.17, 15) is 4.79 Å². The van der Waals surface area contributed by atoms with Gasteiger partial charge in [0.2, 0.25) is 5.91 Å². The highest BCUT2D eigenvalue weighted by Gasteiger charge is 2.20. The van der Waals surface area contributed by atoms with E-state index in [0.29, 0.717) is 6.54 Å². The minimum absolute atomic E-state index is 0.0484. The van der Waals surface area contributed by atoms with Crippen molar-refractivity contribution in [2.45, 2.75) is 12.8 Å². The van der Waals surface area contributed by atoms with E-state index in [2.05, 4.69) is 15.5 Å². The first-order valence-corrected chi connectivity index (χ1v) is 7.52. The zero-order chi connectivity index (χ0) is 15.1. The summed E-state index contributed by atoms with van der Waals surface area (Å²) in [5.74, 6) is 1.59. The van der Waals surface area contributed by atoms with E-state index in [4.69, 9.17) is 4.74 Å². The second-order valence-corrected chi connectivity index (χ2v) is 5.55. The van der Waals surface area contributed by atoms with Gasteiger partial charge in [0.15, 0.2) is 0 Å². The van der Waals surface area contributed by atoms with Crippen LogP contribution in [0.1, 0.15) is 12.8 Å². The molecule has 0 aliphatic carbocycles. The molecule has 0 spiro atoms. The number of anilines is 1. The van der Waals surface area contributed by atoms with Crippen molar-refractivity contribution in [3.63, 3.8) is 0 Å². The first-order chi connectivity index (χ1) is 10.2. The summed E-state index contributed by atoms with van der Waals surface area (Å²) in [7, 11) is 3.62. The number of ether oxygens (including phenoxy) is 1. The molecule has 0 atom stereocenters. The van der Waals surface area contributed by atoms with E-state index in [1.165, 1.54) is 0 Å². The largest absolute Gasteiger partial charge is 0.497 e. The molecule has 5 heteroatoms. The lowest BCUT2D eigenvalue weighted by Gasteiger charge is -2.31. The molecular formula is C16H25N3O2. The van der Waals surface area contributed by atoms with Crippen LogP contribution in [0.15, 0.2) is 24.3 Å². The molecule has 2 rings (SSSR count). The molecule has 0 saturated carbocycles. The molecule has 1 fully saturated rings. The van der Waals surface area contributed by atoms with Crippen molar-refractivity contribution in [3.05, 3.63) is 24.3 Å². The number of hydrogen-bond acceptors (Lipinski definition) is 4. The monoisotopic (exact) mass is 291 g/mol. The van der Waals surface area contributed by atoms with Gasteiger partial charge in [-0.2, -0.15) is 0 Å². The van der Waals surface area contributed by atoms with Gasteiger partial charge >= 0.3 is 0 Å². The van der Waals surface area contributed by atoms with Crippen LogP contribution in [0.2, 0.25) is 0 Å². The second-order valence-electron chi connectivity index (χ2n) is 5.55. The molecule has 116 valence electrons. The van der Waals surface area contributed by atoms with Gasteiger partial charge in [-0.1, -0.05) is 0 Å². The normalized spacial score (nSPS) is 16.7. The first kappa shape index (κ1) is 15.8. The molecular weight excluding hydrogens is 266 g/mol. The lowest BCUT2D eigenvalue weighted by Crippen LogP contribution is -2.40. The van der Waals surface area contributed by atoms with Crippen molar-refractivity contribution < 1.29 is 9.53 Å². The third-order valence-corrected chi connectivity index (χ3v) is 3.94. The molecule has 21 heavy (non-hydrogen) atoms. The molecule has 1 amide bonds. The van der Waals surface area contributed by atoms with Crippen LogP contribution in [0.5, 0.6) is 5.75 Å². The maximum absolute atomic E-state index is 12.0. The maximum atomic E-state index is 12.0. The molecule has 1 aromatic rings. The number of benzene rings is 1. The van der Waals surface area contributed by atoms with Gasteiger partial charge in [-0.05, 0) is 69.7 Å². The molecule has 1 aliphatic rings. The quantitative estimate of drug-likeness (QED) is 0.835. The van der Waals surface area contributed by atoms with Crippen molar-refractivity contribution in [3.8, 4) is 5.75 Å². The molecule has 0 aromatic heterocycles. The van der Waals surface area contributed by atoms with E-state index >= 15 is 0 Å². The fourth-order valence-corrected chi connectivity index (χ4v) is 2.72. The number of rotatable bonds is 6. The smallest absolute Gasteiger partial charge is 0.238 e. The Labute approximate surface area is 126 Å². The molecule has 1 aliphatic heterocycles. The summed E-state index contributed by atoms with van der Waals surface area (Å²) in [5.41, 5.74) is 0.811. The Morgan fingerprint density at radius 2 is 1.95 bits per heavy atom. The Morgan fingerprint density at radius 3 is 2.52 bits per heavy atom. The van der Waals surface area contributed by atoms with Crippen LogP contribution in [0.25, 0.3) is 0 Å². The second kappa shape index (κ2) is 8.00. The maximum Gasteiger partial charge on any atom is 0.238 e. The van der Waals surface area contributed by atoms with Gasteiger partial charge in [-0.3, -0.25) is 9.69 Å². The van der Waals surface area contributed by atoms with E-state index in [1.807, 2.05) is 31.3 Å². The Bertz CT molecular complexity index is 439. The summed E-state index contributed by atoms with van der Waals surface area (Å²) in [5, 5.41) is 6.16. The molecule has 0 unspecified atom stereocenters. The standard InChI is InChI=1S/C16H25N3O2/c1-17-11-13-7-9-19(10-8-13)12-16(20)18-14-3-5-15(21-2)6-4-14/h3-6,13,17H,7-12H2,1-2H3,(H,18,20). The topological polar surface area (TPSA) is 53.6 Å². The first-order valence-electron chi connectivity index (χ1n) is 7.52. The molecule has 1 aromatic carbocycles. The number of amides is 1. The Hall–Kier alpha value is -1.59. The zero-order valence-corrected chi connectivity index (χ0v) is 12.9. The van der Waals surface area contributed by atoms with Crippen molar-refractivity contribution in [2.75, 3.05) is 45.7 Å². The summed E-state index contributed by atoms with van der Waals surface area (Å²) in [6, 6.07) is 7.41. The number of likely N-dealkylation sites (tertiary alicyclic amines) is 1. The van der Waals surface area contributed by atoms with Gasteiger partial charge in [0.25, 0.3) is 0 Å². The van der Waals surface area contributed by atoms with Gasteiger partial charge in [0.05, 0.1) is 13.7 Å². The Kier molecular flexibility index (Phi) is 6.02. The van der Waals surface area contributed by atoms with Crippen LogP contribution in [0, 0.1) is 5.92 Å². The molecule has 0 radical (unpaired) electrons. The van der Waals surface area contributed by atoms with E-state index in [0.717, 1.165) is 49.8 Å². The predicted octanol–water partition coefficient (Wildman–Crippen LogP) is 1.57. The van der Waals surface area contributed by atoms with Crippen molar-refractivity contribution in [2.24, 2.45) is 5.92 Å². The van der Waals surface area contributed by atoms with E-state index in [1.54, 1.807) is 7.11 Å². The fraction of sp³-hybridized carbons (Fsp3) is 0.562. The van der Waals surface area contributed by atoms with Crippen LogP contribution in [-0.2, 0) is 4.79 Å². The SMILES string of the molecule is CNCC1CCN(CC(=O)Nc2ccc(OC)cc2)CC1. The summed E-state index contributed by atoms with van der Waals surface area (Å²) >= 11 is 0.